The summed E-state index contributed by atoms with van der Waals surface area (Å²) in [7, 11) is 1.77. The van der Waals surface area contributed by atoms with E-state index in [1.54, 1.807) is 13.3 Å². The Morgan fingerprint density at radius 3 is 2.89 bits per heavy atom. The molecule has 0 aliphatic heterocycles. The topological polar surface area (TPSA) is 91.1 Å². The van der Waals surface area contributed by atoms with Crippen molar-refractivity contribution in [1.82, 2.24) is 25.8 Å². The van der Waals surface area contributed by atoms with Crippen LogP contribution in [0.3, 0.4) is 0 Å². The molecule has 0 amide bonds. The lowest BCUT2D eigenvalue weighted by Crippen LogP contribution is -2.40. The molecule has 2 aromatic heterocycles. The summed E-state index contributed by atoms with van der Waals surface area (Å²) in [5, 5.41) is 13.8. The molecule has 1 unspecified atom stereocenters. The Labute approximate surface area is 159 Å². The molecule has 2 heterocycles. The van der Waals surface area contributed by atoms with Crippen molar-refractivity contribution < 1.29 is 4.42 Å². The van der Waals surface area contributed by atoms with Crippen molar-refractivity contribution in [2.75, 3.05) is 20.1 Å². The maximum atomic E-state index is 5.30. The summed E-state index contributed by atoms with van der Waals surface area (Å²) in [5.41, 5.74) is 2.60. The summed E-state index contributed by atoms with van der Waals surface area (Å²) < 4.78 is 5.30. The average molecular weight is 366 g/mol. The fourth-order valence-corrected chi connectivity index (χ4v) is 2.79. The summed E-state index contributed by atoms with van der Waals surface area (Å²) >= 11 is 0. The van der Waals surface area contributed by atoms with E-state index < -0.39 is 0 Å². The number of aromatic nitrogens is 3. The molecule has 0 bridgehead atoms. The van der Waals surface area contributed by atoms with Crippen LogP contribution in [0, 0.1) is 6.92 Å². The Morgan fingerprint density at radius 1 is 1.26 bits per heavy atom. The van der Waals surface area contributed by atoms with Crippen molar-refractivity contribution in [2.24, 2.45) is 4.99 Å². The fraction of sp³-hybridized carbons (Fsp3) is 0.350. The number of nitrogens with one attached hydrogen (secondary N) is 3. The van der Waals surface area contributed by atoms with Gasteiger partial charge < -0.3 is 15.1 Å². The van der Waals surface area contributed by atoms with Gasteiger partial charge in [-0.1, -0.05) is 36.8 Å². The van der Waals surface area contributed by atoms with Crippen LogP contribution in [0.2, 0.25) is 0 Å². The molecule has 0 fully saturated rings. The van der Waals surface area contributed by atoms with Gasteiger partial charge in [-0.25, -0.2) is 4.98 Å². The highest BCUT2D eigenvalue weighted by molar-refractivity contribution is 5.79. The number of guanidine groups is 1. The number of aryl methyl sites for hydroxylation is 1. The molecular weight excluding hydrogens is 340 g/mol. The van der Waals surface area contributed by atoms with Gasteiger partial charge in [0.1, 0.15) is 5.82 Å². The molecule has 142 valence electrons. The first kappa shape index (κ1) is 18.7. The van der Waals surface area contributed by atoms with Gasteiger partial charge >= 0.3 is 0 Å². The summed E-state index contributed by atoms with van der Waals surface area (Å²) in [6.07, 6.45) is 2.32. The molecule has 27 heavy (non-hydrogen) atoms. The normalized spacial score (nSPS) is 12.8. The number of benzene rings is 1. The molecule has 0 saturated heterocycles. The van der Waals surface area contributed by atoms with Gasteiger partial charge in [-0.3, -0.25) is 10.1 Å². The van der Waals surface area contributed by atoms with Gasteiger partial charge in [-0.15, -0.1) is 0 Å². The lowest BCUT2D eigenvalue weighted by Gasteiger charge is -2.16. The quantitative estimate of drug-likeness (QED) is 0.442. The minimum absolute atomic E-state index is 0.397. The van der Waals surface area contributed by atoms with E-state index in [1.807, 2.05) is 12.1 Å². The van der Waals surface area contributed by atoms with Crippen LogP contribution in [0.1, 0.15) is 29.8 Å². The number of nitrogens with zero attached hydrogens (tertiary/aromatic N) is 3. The van der Waals surface area contributed by atoms with Gasteiger partial charge in [-0.2, -0.15) is 5.10 Å². The van der Waals surface area contributed by atoms with Gasteiger partial charge in [-0.05, 0) is 30.5 Å². The minimum Gasteiger partial charge on any atom is -0.461 e. The maximum absolute atomic E-state index is 5.30. The van der Waals surface area contributed by atoms with E-state index in [2.05, 4.69) is 68.9 Å². The Hall–Kier alpha value is -3.09. The molecule has 1 aromatic carbocycles. The second-order valence-corrected chi connectivity index (χ2v) is 6.53. The largest absolute Gasteiger partial charge is 0.461 e. The highest BCUT2D eigenvalue weighted by Gasteiger charge is 2.09. The number of H-pyrrole nitrogens is 1. The van der Waals surface area contributed by atoms with Crippen molar-refractivity contribution in [2.45, 2.75) is 26.2 Å². The Balaban J connectivity index is 1.44. The molecule has 7 heteroatoms. The Morgan fingerprint density at radius 2 is 2.15 bits per heavy atom. The van der Waals surface area contributed by atoms with Crippen LogP contribution in [-0.4, -0.2) is 41.3 Å². The monoisotopic (exact) mass is 366 g/mol. The van der Waals surface area contributed by atoms with Crippen molar-refractivity contribution in [3.05, 3.63) is 59.6 Å². The first-order valence-corrected chi connectivity index (χ1v) is 9.12. The standard InChI is InChI=1S/C20H26N6O/c1-14-6-4-7-16(12-14)15(2)13-23-20(21-3)22-10-9-18-24-19(26-25-18)17-8-5-11-27-17/h4-8,11-12,15H,9-10,13H2,1-3H3,(H2,21,22,23)(H,24,25,26). The lowest BCUT2D eigenvalue weighted by molar-refractivity contribution is 0.577. The number of aromatic amines is 1. The van der Waals surface area contributed by atoms with E-state index >= 15 is 0 Å². The molecular formula is C20H26N6O. The van der Waals surface area contributed by atoms with Gasteiger partial charge in [0.15, 0.2) is 11.7 Å². The van der Waals surface area contributed by atoms with E-state index in [1.165, 1.54) is 11.1 Å². The molecule has 7 nitrogen and oxygen atoms in total. The van der Waals surface area contributed by atoms with E-state index in [-0.39, 0.29) is 0 Å². The summed E-state index contributed by atoms with van der Waals surface area (Å²) in [6, 6.07) is 12.3. The van der Waals surface area contributed by atoms with Crippen LogP contribution in [0.5, 0.6) is 0 Å². The van der Waals surface area contributed by atoms with Crippen LogP contribution in [0.4, 0.5) is 0 Å². The van der Waals surface area contributed by atoms with E-state index in [0.717, 1.165) is 18.3 Å². The summed E-state index contributed by atoms with van der Waals surface area (Å²) in [4.78, 5) is 8.72. The van der Waals surface area contributed by atoms with Gasteiger partial charge in [0, 0.05) is 26.6 Å². The van der Waals surface area contributed by atoms with Crippen molar-refractivity contribution in [3.63, 3.8) is 0 Å². The predicted octanol–water partition coefficient (Wildman–Crippen LogP) is 2.88. The first-order chi connectivity index (χ1) is 13.2. The number of furan rings is 1. The number of hydrogen-bond donors (Lipinski definition) is 3. The minimum atomic E-state index is 0.397. The Kier molecular flexibility index (Phi) is 6.25. The zero-order valence-corrected chi connectivity index (χ0v) is 16.0. The average Bonchev–Trinajstić information content (AvgIpc) is 3.35. The number of rotatable bonds is 7. The molecule has 0 aliphatic carbocycles. The molecule has 3 rings (SSSR count). The lowest BCUT2D eigenvalue weighted by atomic mass is 9.99. The zero-order chi connectivity index (χ0) is 19.1. The highest BCUT2D eigenvalue weighted by atomic mass is 16.3. The van der Waals surface area contributed by atoms with Crippen LogP contribution >= 0.6 is 0 Å². The van der Waals surface area contributed by atoms with Crippen LogP contribution in [0.25, 0.3) is 11.6 Å². The van der Waals surface area contributed by atoms with Gasteiger partial charge in [0.2, 0.25) is 5.82 Å². The SMILES string of the molecule is CN=C(NCCc1nc(-c2ccco2)n[nH]1)NCC(C)c1cccc(C)c1. The van der Waals surface area contributed by atoms with Crippen molar-refractivity contribution in [3.8, 4) is 11.6 Å². The number of hydrogen-bond acceptors (Lipinski definition) is 4. The zero-order valence-electron chi connectivity index (χ0n) is 16.0. The molecule has 3 aromatic rings. The summed E-state index contributed by atoms with van der Waals surface area (Å²) in [5.74, 6) is 3.21. The third-order valence-corrected chi connectivity index (χ3v) is 4.34. The molecule has 0 saturated carbocycles. The van der Waals surface area contributed by atoms with Crippen molar-refractivity contribution in [1.29, 1.82) is 0 Å². The smallest absolute Gasteiger partial charge is 0.216 e. The second-order valence-electron chi connectivity index (χ2n) is 6.53. The van der Waals surface area contributed by atoms with Crippen LogP contribution < -0.4 is 10.6 Å². The maximum Gasteiger partial charge on any atom is 0.216 e. The summed E-state index contributed by atoms with van der Waals surface area (Å²) in [6.45, 7) is 5.84. The van der Waals surface area contributed by atoms with E-state index in [4.69, 9.17) is 4.42 Å². The fourth-order valence-electron chi connectivity index (χ4n) is 2.79. The third kappa shape index (κ3) is 5.20. The molecule has 0 radical (unpaired) electrons. The predicted molar refractivity (Wildman–Crippen MR) is 107 cm³/mol. The molecule has 0 spiro atoms. The van der Waals surface area contributed by atoms with Gasteiger partial charge in [0.05, 0.1) is 6.26 Å². The highest BCUT2D eigenvalue weighted by Crippen LogP contribution is 2.15. The van der Waals surface area contributed by atoms with Crippen LogP contribution in [-0.2, 0) is 6.42 Å². The molecule has 3 N–H and O–H groups in total. The second kappa shape index (κ2) is 9.02. The number of aliphatic imine (C=N–C) groups is 1. The van der Waals surface area contributed by atoms with E-state index in [9.17, 15) is 0 Å². The van der Waals surface area contributed by atoms with Crippen LogP contribution in [0.15, 0.2) is 52.1 Å². The third-order valence-electron chi connectivity index (χ3n) is 4.34. The van der Waals surface area contributed by atoms with E-state index in [0.29, 0.717) is 30.5 Å². The molecule has 0 aliphatic rings. The van der Waals surface area contributed by atoms with Crippen molar-refractivity contribution >= 4 is 5.96 Å². The first-order valence-electron chi connectivity index (χ1n) is 9.12. The Bertz CT molecular complexity index is 868. The van der Waals surface area contributed by atoms with Gasteiger partial charge in [0.25, 0.3) is 0 Å². The molecule has 1 atom stereocenters.